The summed E-state index contributed by atoms with van der Waals surface area (Å²) in [5.41, 5.74) is 1.45. The van der Waals surface area contributed by atoms with Gasteiger partial charge in [-0.05, 0) is 18.6 Å². The second kappa shape index (κ2) is 3.17. The van der Waals surface area contributed by atoms with E-state index in [1.807, 2.05) is 0 Å². The summed E-state index contributed by atoms with van der Waals surface area (Å²) in [4.78, 5) is 0. The minimum atomic E-state index is -0.285. The number of nitrogens with zero attached hydrogens (tertiary/aromatic N) is 1. The topological polar surface area (TPSA) is 26.0 Å². The molecule has 1 aromatic carbocycles. The molecule has 0 spiro atoms. The van der Waals surface area contributed by atoms with Crippen molar-refractivity contribution in [1.29, 1.82) is 0 Å². The number of aromatic nitrogens is 1. The second-order valence-electron chi connectivity index (χ2n) is 3.02. The van der Waals surface area contributed by atoms with E-state index in [-0.39, 0.29) is 5.82 Å². The third-order valence-corrected chi connectivity index (χ3v) is 2.00. The molecule has 1 aromatic heterocycles. The summed E-state index contributed by atoms with van der Waals surface area (Å²) in [6, 6.07) is 4.51. The molecule has 0 fully saturated rings. The van der Waals surface area contributed by atoms with Crippen LogP contribution >= 0.6 is 0 Å². The Hall–Kier alpha value is -1.38. The second-order valence-corrected chi connectivity index (χ2v) is 3.02. The van der Waals surface area contributed by atoms with Gasteiger partial charge in [0.2, 0.25) is 0 Å². The first-order chi connectivity index (χ1) is 6.31. The van der Waals surface area contributed by atoms with Crippen LogP contribution in [0.3, 0.4) is 0 Å². The number of benzene rings is 1. The van der Waals surface area contributed by atoms with Gasteiger partial charge in [-0.25, -0.2) is 4.39 Å². The van der Waals surface area contributed by atoms with Gasteiger partial charge in [-0.2, -0.15) is 0 Å². The summed E-state index contributed by atoms with van der Waals surface area (Å²) in [5.74, 6) is -0.285. The van der Waals surface area contributed by atoms with E-state index in [0.717, 1.165) is 23.9 Å². The molecule has 1 heterocycles. The van der Waals surface area contributed by atoms with Gasteiger partial charge in [-0.3, -0.25) is 0 Å². The van der Waals surface area contributed by atoms with Crippen LogP contribution in [0.2, 0.25) is 0 Å². The Morgan fingerprint density at radius 1 is 1.46 bits per heavy atom. The molecule has 0 saturated carbocycles. The lowest BCUT2D eigenvalue weighted by atomic mass is 10.1. The van der Waals surface area contributed by atoms with Crippen molar-refractivity contribution in [3.8, 4) is 0 Å². The average Bonchev–Trinajstić information content (AvgIpc) is 2.49. The maximum Gasteiger partial charge on any atom is 0.170 e. The van der Waals surface area contributed by atoms with Crippen molar-refractivity contribution < 1.29 is 8.91 Å². The van der Waals surface area contributed by atoms with Crippen LogP contribution in [0.5, 0.6) is 0 Å². The van der Waals surface area contributed by atoms with Crippen molar-refractivity contribution in [3.05, 3.63) is 29.7 Å². The van der Waals surface area contributed by atoms with Crippen molar-refractivity contribution in [2.45, 2.75) is 19.8 Å². The van der Waals surface area contributed by atoms with Gasteiger partial charge in [0.1, 0.15) is 5.82 Å². The Labute approximate surface area is 75.3 Å². The van der Waals surface area contributed by atoms with Crippen molar-refractivity contribution in [1.82, 2.24) is 5.16 Å². The molecule has 0 aliphatic carbocycles. The molecule has 0 amide bonds. The molecule has 0 bridgehead atoms. The molecule has 2 aromatic rings. The highest BCUT2D eigenvalue weighted by Crippen LogP contribution is 2.20. The zero-order valence-electron chi connectivity index (χ0n) is 7.38. The molecule has 0 unspecified atom stereocenters. The van der Waals surface area contributed by atoms with Crippen molar-refractivity contribution in [2.24, 2.45) is 0 Å². The number of hydrogen-bond donors (Lipinski definition) is 0. The van der Waals surface area contributed by atoms with E-state index in [2.05, 4.69) is 12.1 Å². The van der Waals surface area contributed by atoms with Gasteiger partial charge in [-0.15, -0.1) is 0 Å². The number of aryl methyl sites for hydroxylation is 1. The fraction of sp³-hybridized carbons (Fsp3) is 0.300. The lowest BCUT2D eigenvalue weighted by molar-refractivity contribution is 0.444. The zero-order chi connectivity index (χ0) is 9.26. The minimum absolute atomic E-state index is 0.285. The Kier molecular flexibility index (Phi) is 2.00. The fourth-order valence-electron chi connectivity index (χ4n) is 1.38. The molecule has 0 radical (unpaired) electrons. The molecule has 0 saturated heterocycles. The normalized spacial score (nSPS) is 10.9. The standard InChI is InChI=1S/C10H10FNO/c1-2-3-9-8-5-4-7(11)6-10(8)13-12-9/h4-6H,2-3H2,1H3. The van der Waals surface area contributed by atoms with Gasteiger partial charge >= 0.3 is 0 Å². The number of fused-ring (bicyclic) bond motifs is 1. The van der Waals surface area contributed by atoms with Gasteiger partial charge < -0.3 is 4.52 Å². The zero-order valence-corrected chi connectivity index (χ0v) is 7.38. The third-order valence-electron chi connectivity index (χ3n) is 2.00. The summed E-state index contributed by atoms with van der Waals surface area (Å²) >= 11 is 0. The summed E-state index contributed by atoms with van der Waals surface area (Å²) in [6.45, 7) is 2.07. The molecule has 2 rings (SSSR count). The smallest absolute Gasteiger partial charge is 0.170 e. The molecule has 3 heteroatoms. The van der Waals surface area contributed by atoms with Crippen LogP contribution in [0.1, 0.15) is 19.0 Å². The van der Waals surface area contributed by atoms with Crippen molar-refractivity contribution >= 4 is 11.0 Å². The lowest BCUT2D eigenvalue weighted by Gasteiger charge is -1.90. The molecule has 0 atom stereocenters. The predicted molar refractivity (Wildman–Crippen MR) is 48.0 cm³/mol. The van der Waals surface area contributed by atoms with Crippen LogP contribution in [-0.2, 0) is 6.42 Å². The van der Waals surface area contributed by atoms with E-state index in [1.54, 1.807) is 6.07 Å². The Morgan fingerprint density at radius 2 is 2.31 bits per heavy atom. The molecule has 0 aliphatic rings. The molecule has 0 aliphatic heterocycles. The Balaban J connectivity index is 2.55. The van der Waals surface area contributed by atoms with E-state index >= 15 is 0 Å². The summed E-state index contributed by atoms with van der Waals surface area (Å²) in [5, 5.41) is 4.80. The molecular weight excluding hydrogens is 169 g/mol. The monoisotopic (exact) mass is 179 g/mol. The maximum absolute atomic E-state index is 12.7. The fourth-order valence-corrected chi connectivity index (χ4v) is 1.38. The van der Waals surface area contributed by atoms with Crippen LogP contribution in [-0.4, -0.2) is 5.16 Å². The molecule has 68 valence electrons. The summed E-state index contributed by atoms with van der Waals surface area (Å²) < 4.78 is 17.7. The molecule has 13 heavy (non-hydrogen) atoms. The first kappa shape index (κ1) is 8.23. The van der Waals surface area contributed by atoms with Gasteiger partial charge in [0.05, 0.1) is 5.69 Å². The molecular formula is C10H10FNO. The van der Waals surface area contributed by atoms with E-state index in [0.29, 0.717) is 5.58 Å². The largest absolute Gasteiger partial charge is 0.356 e. The highest BCUT2D eigenvalue weighted by Gasteiger charge is 2.07. The van der Waals surface area contributed by atoms with E-state index in [9.17, 15) is 4.39 Å². The molecule has 0 N–H and O–H groups in total. The summed E-state index contributed by atoms with van der Waals surface area (Å²) in [7, 11) is 0. The highest BCUT2D eigenvalue weighted by molar-refractivity contribution is 5.79. The maximum atomic E-state index is 12.7. The van der Waals surface area contributed by atoms with Crippen LogP contribution in [0.25, 0.3) is 11.0 Å². The van der Waals surface area contributed by atoms with Crippen molar-refractivity contribution in [2.75, 3.05) is 0 Å². The van der Waals surface area contributed by atoms with Gasteiger partial charge in [0, 0.05) is 11.5 Å². The quantitative estimate of drug-likeness (QED) is 0.708. The van der Waals surface area contributed by atoms with Gasteiger partial charge in [0.15, 0.2) is 5.58 Å². The minimum Gasteiger partial charge on any atom is -0.356 e. The number of halogens is 1. The van der Waals surface area contributed by atoms with Crippen LogP contribution < -0.4 is 0 Å². The van der Waals surface area contributed by atoms with E-state index in [4.69, 9.17) is 4.52 Å². The van der Waals surface area contributed by atoms with Crippen LogP contribution in [0, 0.1) is 5.82 Å². The van der Waals surface area contributed by atoms with Crippen molar-refractivity contribution in [3.63, 3.8) is 0 Å². The first-order valence-corrected chi connectivity index (χ1v) is 4.35. The van der Waals surface area contributed by atoms with Gasteiger partial charge in [-0.1, -0.05) is 18.5 Å². The van der Waals surface area contributed by atoms with Crippen LogP contribution in [0.15, 0.2) is 22.7 Å². The Morgan fingerprint density at radius 3 is 3.08 bits per heavy atom. The highest BCUT2D eigenvalue weighted by atomic mass is 19.1. The van der Waals surface area contributed by atoms with E-state index < -0.39 is 0 Å². The SMILES string of the molecule is CCCc1noc2cc(F)ccc12. The predicted octanol–water partition coefficient (Wildman–Crippen LogP) is 2.92. The Bertz CT molecular complexity index is 422. The summed E-state index contributed by atoms with van der Waals surface area (Å²) in [6.07, 6.45) is 1.89. The lowest BCUT2D eigenvalue weighted by Crippen LogP contribution is -1.82. The molecule has 2 nitrogen and oxygen atoms in total. The third kappa shape index (κ3) is 1.41. The number of rotatable bonds is 2. The van der Waals surface area contributed by atoms with Gasteiger partial charge in [0.25, 0.3) is 0 Å². The first-order valence-electron chi connectivity index (χ1n) is 4.35. The number of hydrogen-bond acceptors (Lipinski definition) is 2. The average molecular weight is 179 g/mol. The van der Waals surface area contributed by atoms with E-state index in [1.165, 1.54) is 12.1 Å². The van der Waals surface area contributed by atoms with Crippen LogP contribution in [0.4, 0.5) is 4.39 Å².